The number of ether oxygens (including phenoxy) is 1. The van der Waals surface area contributed by atoms with Gasteiger partial charge in [0, 0.05) is 5.39 Å². The fourth-order valence-electron chi connectivity index (χ4n) is 1.68. The van der Waals surface area contributed by atoms with Crippen LogP contribution in [0, 0.1) is 0 Å². The highest BCUT2D eigenvalue weighted by atomic mass is 16.5. The molecular weight excluding hydrogens is 244 g/mol. The Kier molecular flexibility index (Phi) is 4.07. The van der Waals surface area contributed by atoms with E-state index in [0.717, 1.165) is 10.9 Å². The van der Waals surface area contributed by atoms with Gasteiger partial charge in [0.15, 0.2) is 0 Å². The van der Waals surface area contributed by atoms with Gasteiger partial charge < -0.3 is 10.1 Å². The summed E-state index contributed by atoms with van der Waals surface area (Å²) >= 11 is 0. The lowest BCUT2D eigenvalue weighted by atomic mass is 10.2. The van der Waals surface area contributed by atoms with Crippen LogP contribution in [0.1, 0.15) is 5.69 Å². The molecule has 0 unspecified atom stereocenters. The summed E-state index contributed by atoms with van der Waals surface area (Å²) in [5, 5.41) is 3.51. The zero-order chi connectivity index (χ0) is 13.7. The van der Waals surface area contributed by atoms with Gasteiger partial charge in [-0.15, -0.1) is 0 Å². The largest absolute Gasteiger partial charge is 0.468 e. The number of nitrogens with zero attached hydrogens (tertiary/aromatic N) is 1. The molecule has 1 aromatic carbocycles. The Labute approximate surface area is 110 Å². The van der Waals surface area contributed by atoms with Crippen molar-refractivity contribution in [2.45, 2.75) is 6.42 Å². The fraction of sp³-hybridized carbons (Fsp3) is 0.214. The van der Waals surface area contributed by atoms with Crippen LogP contribution < -0.4 is 5.32 Å². The highest BCUT2D eigenvalue weighted by Crippen LogP contribution is 2.11. The number of hydrogen-bond acceptors (Lipinski definition) is 4. The SMILES string of the molecule is COC(=O)CNC(=O)Cc1ccc2ccccc2n1. The van der Waals surface area contributed by atoms with E-state index in [2.05, 4.69) is 15.0 Å². The minimum absolute atomic E-state index is 0.122. The summed E-state index contributed by atoms with van der Waals surface area (Å²) in [6.07, 6.45) is 0.141. The molecule has 0 saturated heterocycles. The first kappa shape index (κ1) is 13.0. The molecule has 0 aliphatic heterocycles. The maximum absolute atomic E-state index is 11.6. The van der Waals surface area contributed by atoms with Gasteiger partial charge in [-0.1, -0.05) is 24.3 Å². The van der Waals surface area contributed by atoms with Gasteiger partial charge in [0.05, 0.1) is 24.7 Å². The molecule has 1 aromatic heterocycles. The molecule has 5 heteroatoms. The van der Waals surface area contributed by atoms with Crippen molar-refractivity contribution >= 4 is 22.8 Å². The summed E-state index contributed by atoms with van der Waals surface area (Å²) < 4.78 is 4.44. The Hall–Kier alpha value is -2.43. The zero-order valence-corrected chi connectivity index (χ0v) is 10.6. The Morgan fingerprint density at radius 3 is 2.79 bits per heavy atom. The van der Waals surface area contributed by atoms with Crippen molar-refractivity contribution in [3.8, 4) is 0 Å². The van der Waals surface area contributed by atoms with Gasteiger partial charge in [-0.25, -0.2) is 0 Å². The predicted molar refractivity (Wildman–Crippen MR) is 70.5 cm³/mol. The number of carbonyl (C=O) groups is 2. The number of carbonyl (C=O) groups excluding carboxylic acids is 2. The molecule has 0 spiro atoms. The van der Waals surface area contributed by atoms with E-state index in [0.29, 0.717) is 5.69 Å². The summed E-state index contributed by atoms with van der Waals surface area (Å²) in [6, 6.07) is 11.4. The summed E-state index contributed by atoms with van der Waals surface area (Å²) in [5.41, 5.74) is 1.52. The fourth-order valence-corrected chi connectivity index (χ4v) is 1.68. The molecule has 1 amide bonds. The topological polar surface area (TPSA) is 68.3 Å². The van der Waals surface area contributed by atoms with Crippen LogP contribution >= 0.6 is 0 Å². The van der Waals surface area contributed by atoms with Crippen molar-refractivity contribution in [2.24, 2.45) is 0 Å². The average molecular weight is 258 g/mol. The molecule has 19 heavy (non-hydrogen) atoms. The molecule has 98 valence electrons. The van der Waals surface area contributed by atoms with Crippen LogP contribution in [0.25, 0.3) is 10.9 Å². The standard InChI is InChI=1S/C14H14N2O3/c1-19-14(18)9-15-13(17)8-11-7-6-10-4-2-3-5-12(10)16-11/h2-7H,8-9H2,1H3,(H,15,17). The molecule has 0 fully saturated rings. The van der Waals surface area contributed by atoms with E-state index in [1.54, 1.807) is 6.07 Å². The van der Waals surface area contributed by atoms with Gasteiger partial charge >= 0.3 is 5.97 Å². The lowest BCUT2D eigenvalue weighted by molar-refractivity contribution is -0.141. The van der Waals surface area contributed by atoms with Gasteiger partial charge in [-0.3, -0.25) is 14.6 Å². The second kappa shape index (κ2) is 5.95. The van der Waals surface area contributed by atoms with Crippen LogP contribution in [0.4, 0.5) is 0 Å². The number of fused-ring (bicyclic) bond motifs is 1. The first-order valence-electron chi connectivity index (χ1n) is 5.87. The highest BCUT2D eigenvalue weighted by Gasteiger charge is 2.07. The number of esters is 1. The summed E-state index contributed by atoms with van der Waals surface area (Å²) in [6.45, 7) is -0.122. The molecular formula is C14H14N2O3. The number of para-hydroxylation sites is 1. The Morgan fingerprint density at radius 2 is 2.00 bits per heavy atom. The predicted octanol–water partition coefficient (Wildman–Crippen LogP) is 1.07. The van der Waals surface area contributed by atoms with Gasteiger partial charge in [-0.2, -0.15) is 0 Å². The second-order valence-corrected chi connectivity index (χ2v) is 4.02. The van der Waals surface area contributed by atoms with E-state index in [9.17, 15) is 9.59 Å². The van der Waals surface area contributed by atoms with Crippen LogP contribution in [0.15, 0.2) is 36.4 Å². The van der Waals surface area contributed by atoms with E-state index >= 15 is 0 Å². The first-order valence-corrected chi connectivity index (χ1v) is 5.87. The van der Waals surface area contributed by atoms with E-state index in [-0.39, 0.29) is 18.9 Å². The monoisotopic (exact) mass is 258 g/mol. The van der Waals surface area contributed by atoms with Crippen LogP contribution in [0.3, 0.4) is 0 Å². The van der Waals surface area contributed by atoms with Gasteiger partial charge in [0.25, 0.3) is 0 Å². The van der Waals surface area contributed by atoms with Crippen molar-refractivity contribution < 1.29 is 14.3 Å². The number of methoxy groups -OCH3 is 1. The number of amides is 1. The summed E-state index contributed by atoms with van der Waals surface area (Å²) in [5.74, 6) is -0.729. The van der Waals surface area contributed by atoms with Crippen LogP contribution in [-0.2, 0) is 20.7 Å². The number of pyridine rings is 1. The normalized spacial score (nSPS) is 10.2. The molecule has 2 aromatic rings. The molecule has 5 nitrogen and oxygen atoms in total. The van der Waals surface area contributed by atoms with Crippen LogP contribution in [0.5, 0.6) is 0 Å². The number of hydrogen-bond donors (Lipinski definition) is 1. The van der Waals surface area contributed by atoms with E-state index in [1.807, 2.05) is 30.3 Å². The average Bonchev–Trinajstić information content (AvgIpc) is 2.44. The maximum Gasteiger partial charge on any atom is 0.325 e. The lowest BCUT2D eigenvalue weighted by Crippen LogP contribution is -2.31. The molecule has 1 N–H and O–H groups in total. The van der Waals surface area contributed by atoms with Gasteiger partial charge in [0.1, 0.15) is 6.54 Å². The molecule has 0 atom stereocenters. The van der Waals surface area contributed by atoms with Crippen molar-refractivity contribution in [3.63, 3.8) is 0 Å². The Bertz CT molecular complexity index is 610. The minimum Gasteiger partial charge on any atom is -0.468 e. The smallest absolute Gasteiger partial charge is 0.325 e. The molecule has 1 heterocycles. The maximum atomic E-state index is 11.6. The van der Waals surface area contributed by atoms with E-state index in [4.69, 9.17) is 0 Å². The number of nitrogens with one attached hydrogen (secondary N) is 1. The van der Waals surface area contributed by atoms with E-state index < -0.39 is 5.97 Å². The third-order valence-corrected chi connectivity index (χ3v) is 2.66. The highest BCUT2D eigenvalue weighted by molar-refractivity contribution is 5.84. The Morgan fingerprint density at radius 1 is 1.21 bits per heavy atom. The molecule has 0 saturated carbocycles. The number of benzene rings is 1. The lowest BCUT2D eigenvalue weighted by Gasteiger charge is -2.04. The summed E-state index contributed by atoms with van der Waals surface area (Å²) in [4.78, 5) is 26.9. The first-order chi connectivity index (χ1) is 9.19. The molecule has 0 aliphatic carbocycles. The molecule has 0 aliphatic rings. The zero-order valence-electron chi connectivity index (χ0n) is 10.6. The van der Waals surface area contributed by atoms with Crippen molar-refractivity contribution in [1.82, 2.24) is 10.3 Å². The van der Waals surface area contributed by atoms with Gasteiger partial charge in [-0.05, 0) is 12.1 Å². The number of aromatic nitrogens is 1. The Balaban J connectivity index is 2.01. The molecule has 0 bridgehead atoms. The summed E-state index contributed by atoms with van der Waals surface area (Å²) in [7, 11) is 1.28. The third-order valence-electron chi connectivity index (χ3n) is 2.66. The van der Waals surface area contributed by atoms with Crippen LogP contribution in [0.2, 0.25) is 0 Å². The van der Waals surface area contributed by atoms with Crippen molar-refractivity contribution in [1.29, 1.82) is 0 Å². The van der Waals surface area contributed by atoms with Gasteiger partial charge in [0.2, 0.25) is 5.91 Å². The van der Waals surface area contributed by atoms with E-state index in [1.165, 1.54) is 7.11 Å². The molecule has 0 radical (unpaired) electrons. The minimum atomic E-state index is -0.472. The quantitative estimate of drug-likeness (QED) is 0.833. The molecule has 2 rings (SSSR count). The second-order valence-electron chi connectivity index (χ2n) is 4.02. The van der Waals surface area contributed by atoms with Crippen molar-refractivity contribution in [3.05, 3.63) is 42.1 Å². The van der Waals surface area contributed by atoms with Crippen LogP contribution in [-0.4, -0.2) is 30.5 Å². The number of rotatable bonds is 4. The third kappa shape index (κ3) is 3.51. The van der Waals surface area contributed by atoms with Crippen molar-refractivity contribution in [2.75, 3.05) is 13.7 Å².